The first kappa shape index (κ1) is 55.4. The van der Waals surface area contributed by atoms with Gasteiger partial charge in [0, 0.05) is 25.8 Å². The van der Waals surface area contributed by atoms with Crippen LogP contribution in [0.25, 0.3) is 0 Å². The third-order valence-electron chi connectivity index (χ3n) is 9.35. The molecule has 0 spiro atoms. The third-order valence-corrected chi connectivity index (χ3v) is 10.3. The highest BCUT2D eigenvalue weighted by Gasteiger charge is 2.26. The van der Waals surface area contributed by atoms with Gasteiger partial charge in [-0.1, -0.05) is 158 Å². The Morgan fingerprint density at radius 2 is 1.07 bits per heavy atom. The van der Waals surface area contributed by atoms with E-state index in [2.05, 4.69) is 38.2 Å². The minimum absolute atomic E-state index is 0.0325. The second kappa shape index (κ2) is 42.5. The number of hydrogen-bond donors (Lipinski definition) is 2. The zero-order valence-corrected chi connectivity index (χ0v) is 37.4. The van der Waals surface area contributed by atoms with Crippen LogP contribution in [-0.2, 0) is 37.5 Å². The lowest BCUT2D eigenvalue weighted by molar-refractivity contribution is -0.161. The molecule has 0 aliphatic heterocycles. The molecule has 3 N–H and O–H groups in total. The summed E-state index contributed by atoms with van der Waals surface area (Å²) in [5.74, 6) is -0.766. The smallest absolute Gasteiger partial charge is 0.462 e. The van der Waals surface area contributed by atoms with Gasteiger partial charge in [0.15, 0.2) is 11.9 Å². The monoisotopic (exact) mass is 836 g/mol. The lowest BCUT2D eigenvalue weighted by atomic mass is 10.1. The maximum absolute atomic E-state index is 12.6. The Morgan fingerprint density at radius 1 is 0.569 bits per heavy atom. The maximum atomic E-state index is 12.6. The van der Waals surface area contributed by atoms with Gasteiger partial charge in [-0.2, -0.15) is 0 Å². The summed E-state index contributed by atoms with van der Waals surface area (Å²) in [5, 5.41) is 0. The fourth-order valence-electron chi connectivity index (χ4n) is 5.93. The van der Waals surface area contributed by atoms with E-state index < -0.39 is 32.5 Å². The molecule has 0 radical (unpaired) electrons. The fraction of sp³-hybridized carbons (Fsp3) is 0.723. The zero-order valence-electron chi connectivity index (χ0n) is 36.5. The van der Waals surface area contributed by atoms with Crippen molar-refractivity contribution >= 4 is 25.5 Å². The van der Waals surface area contributed by atoms with Crippen LogP contribution in [0.1, 0.15) is 187 Å². The van der Waals surface area contributed by atoms with Gasteiger partial charge in [0.05, 0.1) is 13.2 Å². The van der Waals surface area contributed by atoms with Crippen LogP contribution in [-0.4, -0.2) is 55.1 Å². The van der Waals surface area contributed by atoms with Crippen molar-refractivity contribution in [2.45, 2.75) is 193 Å². The number of unbranched alkanes of at least 4 members (excludes halogenated alkanes) is 18. The number of ketones is 1. The van der Waals surface area contributed by atoms with E-state index in [1.807, 2.05) is 24.3 Å². The van der Waals surface area contributed by atoms with Crippen LogP contribution in [0, 0.1) is 0 Å². The van der Waals surface area contributed by atoms with E-state index in [0.29, 0.717) is 25.7 Å². The van der Waals surface area contributed by atoms with Gasteiger partial charge in [0.25, 0.3) is 0 Å². The summed E-state index contributed by atoms with van der Waals surface area (Å²) < 4.78 is 32.7. The Balaban J connectivity index is 4.25. The van der Waals surface area contributed by atoms with Crippen LogP contribution in [0.2, 0.25) is 0 Å². The summed E-state index contributed by atoms with van der Waals surface area (Å²) in [6.45, 7) is 3.48. The predicted octanol–water partition coefficient (Wildman–Crippen LogP) is 12.5. The Kier molecular flexibility index (Phi) is 40.6. The highest BCUT2D eigenvalue weighted by atomic mass is 31.2. The number of esters is 2. The average Bonchev–Trinajstić information content (AvgIpc) is 3.20. The van der Waals surface area contributed by atoms with E-state index in [-0.39, 0.29) is 38.4 Å². The summed E-state index contributed by atoms with van der Waals surface area (Å²) in [5.41, 5.74) is 5.34. The van der Waals surface area contributed by atoms with Crippen molar-refractivity contribution in [3.8, 4) is 0 Å². The van der Waals surface area contributed by atoms with Crippen LogP contribution in [0.3, 0.4) is 0 Å². The molecule has 0 aromatic rings. The molecule has 0 bridgehead atoms. The molecule has 2 atom stereocenters. The van der Waals surface area contributed by atoms with E-state index in [1.165, 1.54) is 83.5 Å². The Morgan fingerprint density at radius 3 is 1.71 bits per heavy atom. The van der Waals surface area contributed by atoms with Crippen molar-refractivity contribution in [1.82, 2.24) is 0 Å². The first-order valence-electron chi connectivity index (χ1n) is 22.7. The molecule has 11 heteroatoms. The number of allylic oxidation sites excluding steroid dienone is 10. The van der Waals surface area contributed by atoms with E-state index in [0.717, 1.165) is 51.4 Å². The molecule has 0 rings (SSSR count). The fourth-order valence-corrected chi connectivity index (χ4v) is 6.69. The van der Waals surface area contributed by atoms with Gasteiger partial charge >= 0.3 is 19.8 Å². The number of hydrogen-bond acceptors (Lipinski definition) is 9. The Labute approximate surface area is 353 Å². The number of ether oxygens (including phenoxy) is 2. The first-order chi connectivity index (χ1) is 28.2. The van der Waals surface area contributed by atoms with Crippen molar-refractivity contribution in [3.05, 3.63) is 60.8 Å². The average molecular weight is 836 g/mol. The topological polar surface area (TPSA) is 151 Å². The highest BCUT2D eigenvalue weighted by molar-refractivity contribution is 7.47. The molecular formula is C47H82NO9P. The standard InChI is InChI=1S/C47H82NO9P/c1-3-5-7-8-9-10-11-12-13-14-15-16-17-18-21-24-27-30-34-38-46(50)54-42-45(43-56-58(52,53)55-41-40-48)57-47(51)39-35-31-28-25-22-19-20-23-26-29-33-37-44(49)36-32-6-4-2/h12-13,19-20,25-26,28-29,33,37,45H,3-11,14-18,21-24,27,30-32,34-36,38-43,48H2,1-2H3,(H,52,53)/b13-12-,20-19-,28-25-,29-26-,37-33+/t45-/m1/s1. The second-order valence-corrected chi connectivity index (χ2v) is 16.4. The van der Waals surface area contributed by atoms with Crippen LogP contribution in [0.4, 0.5) is 0 Å². The molecule has 0 saturated carbocycles. The molecule has 10 nitrogen and oxygen atoms in total. The van der Waals surface area contributed by atoms with Gasteiger partial charge in [-0.3, -0.25) is 23.4 Å². The normalized spacial score (nSPS) is 13.7. The van der Waals surface area contributed by atoms with Crippen LogP contribution in [0.5, 0.6) is 0 Å². The summed E-state index contributed by atoms with van der Waals surface area (Å²) in [4.78, 5) is 46.6. The molecule has 334 valence electrons. The Bertz CT molecular complexity index is 1200. The van der Waals surface area contributed by atoms with E-state index in [4.69, 9.17) is 24.3 Å². The highest BCUT2D eigenvalue weighted by Crippen LogP contribution is 2.43. The second-order valence-electron chi connectivity index (χ2n) is 14.9. The summed E-state index contributed by atoms with van der Waals surface area (Å²) in [7, 11) is -4.41. The largest absolute Gasteiger partial charge is 0.472 e. The van der Waals surface area contributed by atoms with Crippen molar-refractivity contribution < 1.29 is 42.4 Å². The van der Waals surface area contributed by atoms with Crippen molar-refractivity contribution in [2.75, 3.05) is 26.4 Å². The minimum atomic E-state index is -4.41. The number of carbonyl (C=O) groups is 3. The van der Waals surface area contributed by atoms with Gasteiger partial charge in [0.1, 0.15) is 6.61 Å². The van der Waals surface area contributed by atoms with Crippen LogP contribution >= 0.6 is 7.82 Å². The van der Waals surface area contributed by atoms with Gasteiger partial charge in [-0.05, 0) is 70.3 Å². The molecule has 0 amide bonds. The van der Waals surface area contributed by atoms with Gasteiger partial charge in [0.2, 0.25) is 0 Å². The van der Waals surface area contributed by atoms with Gasteiger partial charge in [-0.25, -0.2) is 4.57 Å². The molecule has 0 aromatic heterocycles. The Hall–Kier alpha value is -2.62. The van der Waals surface area contributed by atoms with Gasteiger partial charge in [-0.15, -0.1) is 0 Å². The summed E-state index contributed by atoms with van der Waals surface area (Å²) >= 11 is 0. The molecule has 1 unspecified atom stereocenters. The molecule has 0 saturated heterocycles. The number of rotatable bonds is 42. The number of phosphoric ester groups is 1. The molecule has 58 heavy (non-hydrogen) atoms. The van der Waals surface area contributed by atoms with E-state index in [9.17, 15) is 23.8 Å². The van der Waals surface area contributed by atoms with E-state index in [1.54, 1.807) is 12.2 Å². The molecule has 0 fully saturated rings. The van der Waals surface area contributed by atoms with Crippen molar-refractivity contribution in [3.63, 3.8) is 0 Å². The van der Waals surface area contributed by atoms with Crippen molar-refractivity contribution in [2.24, 2.45) is 5.73 Å². The SMILES string of the molecule is CCCCCCCC/C=C\CCCCCCCCCCCC(=O)OC[C@H](COP(=O)(O)OCCN)OC(=O)CCC/C=C\C/C=C\C/C=C\C=C\C(=O)CCCCC. The minimum Gasteiger partial charge on any atom is -0.462 e. The molecule has 0 aromatic carbocycles. The summed E-state index contributed by atoms with van der Waals surface area (Å²) in [6, 6.07) is 0. The number of carbonyl (C=O) groups excluding carboxylic acids is 3. The molecule has 0 aliphatic carbocycles. The quantitative estimate of drug-likeness (QED) is 0.0152. The zero-order chi connectivity index (χ0) is 42.6. The number of nitrogens with two attached hydrogens (primary N) is 1. The lowest BCUT2D eigenvalue weighted by Crippen LogP contribution is -2.29. The first-order valence-corrected chi connectivity index (χ1v) is 24.2. The molecular weight excluding hydrogens is 753 g/mol. The maximum Gasteiger partial charge on any atom is 0.472 e. The predicted molar refractivity (Wildman–Crippen MR) is 238 cm³/mol. The summed E-state index contributed by atoms with van der Waals surface area (Å²) in [6.07, 6.45) is 46.7. The molecule has 0 aliphatic rings. The van der Waals surface area contributed by atoms with Gasteiger partial charge < -0.3 is 20.1 Å². The molecule has 0 heterocycles. The number of phosphoric acid groups is 1. The lowest BCUT2D eigenvalue weighted by Gasteiger charge is -2.19. The third kappa shape index (κ3) is 41.5. The van der Waals surface area contributed by atoms with Crippen LogP contribution < -0.4 is 5.73 Å². The van der Waals surface area contributed by atoms with Crippen LogP contribution in [0.15, 0.2) is 60.8 Å². The van der Waals surface area contributed by atoms with E-state index >= 15 is 0 Å². The van der Waals surface area contributed by atoms with Crippen molar-refractivity contribution in [1.29, 1.82) is 0 Å².